The Balaban J connectivity index is 2.68. The van der Waals surface area contributed by atoms with Crippen molar-refractivity contribution in [1.29, 1.82) is 0 Å². The molecular formula is C14H21NO4. The van der Waals surface area contributed by atoms with E-state index in [4.69, 9.17) is 9.47 Å². The molecule has 0 aliphatic rings. The predicted octanol–water partition coefficient (Wildman–Crippen LogP) is 1.95. The Hall–Kier alpha value is -1.75. The predicted molar refractivity (Wildman–Crippen MR) is 72.7 cm³/mol. The molecule has 0 spiro atoms. The lowest BCUT2D eigenvalue weighted by Crippen LogP contribution is -2.40. The molecule has 0 saturated carbocycles. The summed E-state index contributed by atoms with van der Waals surface area (Å²) in [5.74, 6) is 0.0580. The molecule has 0 bridgehead atoms. The number of amides is 1. The maximum absolute atomic E-state index is 11.9. The Morgan fingerprint density at radius 2 is 2.11 bits per heavy atom. The number of hydrogen-bond acceptors (Lipinski definition) is 4. The van der Waals surface area contributed by atoms with Gasteiger partial charge in [0.1, 0.15) is 11.5 Å². The molecule has 106 valence electrons. The van der Waals surface area contributed by atoms with E-state index in [0.29, 0.717) is 18.9 Å². The second-order valence-corrected chi connectivity index (χ2v) is 4.76. The minimum Gasteiger partial charge on any atom is -0.507 e. The molecule has 0 radical (unpaired) electrons. The van der Waals surface area contributed by atoms with Crippen molar-refractivity contribution in [2.24, 2.45) is 0 Å². The van der Waals surface area contributed by atoms with Crippen molar-refractivity contribution < 1.29 is 19.4 Å². The number of nitrogens with one attached hydrogen (secondary N) is 1. The first-order chi connectivity index (χ1) is 8.89. The first-order valence-electron chi connectivity index (χ1n) is 6.19. The van der Waals surface area contributed by atoms with Gasteiger partial charge < -0.3 is 19.9 Å². The fourth-order valence-corrected chi connectivity index (χ4v) is 1.66. The van der Waals surface area contributed by atoms with Crippen LogP contribution in [0.4, 0.5) is 0 Å². The Labute approximate surface area is 113 Å². The van der Waals surface area contributed by atoms with Gasteiger partial charge in [0.05, 0.1) is 18.3 Å². The fourth-order valence-electron chi connectivity index (χ4n) is 1.66. The third-order valence-corrected chi connectivity index (χ3v) is 2.66. The standard InChI is InChI=1S/C14H21NO4/c1-5-19-14(2,3)9-15-13(17)11-7-6-10(18-4)8-12(11)16/h6-8,16H,5,9H2,1-4H3,(H,15,17). The van der Waals surface area contributed by atoms with Gasteiger partial charge >= 0.3 is 0 Å². The molecule has 2 N–H and O–H groups in total. The van der Waals surface area contributed by atoms with Crippen LogP contribution in [0, 0.1) is 0 Å². The lowest BCUT2D eigenvalue weighted by Gasteiger charge is -2.24. The molecule has 1 rings (SSSR count). The first-order valence-corrected chi connectivity index (χ1v) is 6.19. The molecule has 0 fully saturated rings. The van der Waals surface area contributed by atoms with Gasteiger partial charge in [-0.05, 0) is 32.9 Å². The smallest absolute Gasteiger partial charge is 0.255 e. The number of benzene rings is 1. The van der Waals surface area contributed by atoms with Crippen molar-refractivity contribution in [1.82, 2.24) is 5.32 Å². The molecule has 0 unspecified atom stereocenters. The molecule has 0 atom stereocenters. The van der Waals surface area contributed by atoms with Gasteiger partial charge in [0.25, 0.3) is 5.91 Å². The lowest BCUT2D eigenvalue weighted by molar-refractivity contribution is -0.00817. The third-order valence-electron chi connectivity index (χ3n) is 2.66. The van der Waals surface area contributed by atoms with Crippen LogP contribution < -0.4 is 10.1 Å². The van der Waals surface area contributed by atoms with E-state index in [0.717, 1.165) is 0 Å². The fraction of sp³-hybridized carbons (Fsp3) is 0.500. The van der Waals surface area contributed by atoms with E-state index in [2.05, 4.69) is 5.32 Å². The average Bonchev–Trinajstić information content (AvgIpc) is 2.36. The Morgan fingerprint density at radius 1 is 1.42 bits per heavy atom. The molecule has 5 nitrogen and oxygen atoms in total. The zero-order chi connectivity index (χ0) is 14.5. The summed E-state index contributed by atoms with van der Waals surface area (Å²) in [4.78, 5) is 11.9. The van der Waals surface area contributed by atoms with E-state index < -0.39 is 5.60 Å². The summed E-state index contributed by atoms with van der Waals surface area (Å²) in [6.07, 6.45) is 0. The molecule has 0 aromatic heterocycles. The number of carbonyl (C=O) groups excluding carboxylic acids is 1. The summed E-state index contributed by atoms with van der Waals surface area (Å²) in [6.45, 7) is 6.63. The van der Waals surface area contributed by atoms with Crippen LogP contribution in [0.2, 0.25) is 0 Å². The second-order valence-electron chi connectivity index (χ2n) is 4.76. The van der Waals surface area contributed by atoms with Gasteiger partial charge in [-0.3, -0.25) is 4.79 Å². The number of methoxy groups -OCH3 is 1. The van der Waals surface area contributed by atoms with Crippen LogP contribution in [0.15, 0.2) is 18.2 Å². The van der Waals surface area contributed by atoms with Gasteiger partial charge in [0.15, 0.2) is 0 Å². The Kier molecular flexibility index (Phi) is 5.18. The molecule has 19 heavy (non-hydrogen) atoms. The van der Waals surface area contributed by atoms with E-state index in [-0.39, 0.29) is 17.2 Å². The summed E-state index contributed by atoms with van der Waals surface area (Å²) < 4.78 is 10.4. The van der Waals surface area contributed by atoms with Crippen molar-refractivity contribution in [3.8, 4) is 11.5 Å². The van der Waals surface area contributed by atoms with Crippen LogP contribution in [-0.2, 0) is 4.74 Å². The molecule has 1 amide bonds. The molecule has 1 aromatic carbocycles. The number of hydrogen-bond donors (Lipinski definition) is 2. The molecule has 1 aromatic rings. The van der Waals surface area contributed by atoms with Crippen molar-refractivity contribution in [2.45, 2.75) is 26.4 Å². The Bertz CT molecular complexity index is 443. The second kappa shape index (κ2) is 6.43. The molecule has 5 heteroatoms. The summed E-state index contributed by atoms with van der Waals surface area (Å²) in [5, 5.41) is 12.5. The molecule has 0 heterocycles. The third kappa shape index (κ3) is 4.44. The van der Waals surface area contributed by atoms with Crippen LogP contribution >= 0.6 is 0 Å². The summed E-state index contributed by atoms with van der Waals surface area (Å²) in [7, 11) is 1.50. The summed E-state index contributed by atoms with van der Waals surface area (Å²) in [5.41, 5.74) is -0.222. The van der Waals surface area contributed by atoms with Crippen LogP contribution in [0.1, 0.15) is 31.1 Å². The van der Waals surface area contributed by atoms with Gasteiger partial charge in [-0.25, -0.2) is 0 Å². The highest BCUT2D eigenvalue weighted by atomic mass is 16.5. The van der Waals surface area contributed by atoms with Crippen LogP contribution in [0.25, 0.3) is 0 Å². The summed E-state index contributed by atoms with van der Waals surface area (Å²) >= 11 is 0. The number of phenolic OH excluding ortho intramolecular Hbond substituents is 1. The van der Waals surface area contributed by atoms with Gasteiger partial charge in [-0.15, -0.1) is 0 Å². The van der Waals surface area contributed by atoms with E-state index in [9.17, 15) is 9.90 Å². The minimum absolute atomic E-state index is 0.105. The average molecular weight is 267 g/mol. The topological polar surface area (TPSA) is 67.8 Å². The van der Waals surface area contributed by atoms with Gasteiger partial charge in [-0.2, -0.15) is 0 Å². The van der Waals surface area contributed by atoms with Crippen LogP contribution in [0.3, 0.4) is 0 Å². The van der Waals surface area contributed by atoms with E-state index in [1.54, 1.807) is 6.07 Å². The molecule has 0 aliphatic carbocycles. The van der Waals surface area contributed by atoms with Gasteiger partial charge in [0.2, 0.25) is 0 Å². The lowest BCUT2D eigenvalue weighted by atomic mass is 10.1. The molecule has 0 saturated heterocycles. The number of phenols is 1. The maximum Gasteiger partial charge on any atom is 0.255 e. The highest BCUT2D eigenvalue weighted by Gasteiger charge is 2.20. The zero-order valence-electron chi connectivity index (χ0n) is 11.8. The highest BCUT2D eigenvalue weighted by Crippen LogP contribution is 2.23. The van der Waals surface area contributed by atoms with E-state index in [1.165, 1.54) is 19.2 Å². The zero-order valence-corrected chi connectivity index (χ0v) is 11.8. The van der Waals surface area contributed by atoms with Crippen molar-refractivity contribution in [3.63, 3.8) is 0 Å². The maximum atomic E-state index is 11.9. The van der Waals surface area contributed by atoms with Crippen LogP contribution in [-0.4, -0.2) is 36.9 Å². The first kappa shape index (κ1) is 15.3. The number of rotatable bonds is 6. The molecular weight excluding hydrogens is 246 g/mol. The van der Waals surface area contributed by atoms with E-state index in [1.807, 2.05) is 20.8 Å². The minimum atomic E-state index is -0.438. The van der Waals surface area contributed by atoms with Crippen molar-refractivity contribution >= 4 is 5.91 Å². The van der Waals surface area contributed by atoms with Gasteiger partial charge in [-0.1, -0.05) is 0 Å². The van der Waals surface area contributed by atoms with Gasteiger partial charge in [0, 0.05) is 19.2 Å². The SMILES string of the molecule is CCOC(C)(C)CNC(=O)c1ccc(OC)cc1O. The van der Waals surface area contributed by atoms with Crippen molar-refractivity contribution in [3.05, 3.63) is 23.8 Å². The van der Waals surface area contributed by atoms with Crippen molar-refractivity contribution in [2.75, 3.05) is 20.3 Å². The normalized spacial score (nSPS) is 11.2. The quantitative estimate of drug-likeness (QED) is 0.826. The van der Waals surface area contributed by atoms with E-state index >= 15 is 0 Å². The van der Waals surface area contributed by atoms with Crippen LogP contribution in [0.5, 0.6) is 11.5 Å². The Morgan fingerprint density at radius 3 is 2.63 bits per heavy atom. The number of carbonyl (C=O) groups is 1. The summed E-state index contributed by atoms with van der Waals surface area (Å²) in [6, 6.07) is 4.56. The largest absolute Gasteiger partial charge is 0.507 e. The monoisotopic (exact) mass is 267 g/mol. The molecule has 0 aliphatic heterocycles. The highest BCUT2D eigenvalue weighted by molar-refractivity contribution is 5.97. The number of aromatic hydroxyl groups is 1. The number of ether oxygens (including phenoxy) is 2.